The highest BCUT2D eigenvalue weighted by molar-refractivity contribution is 9.10. The lowest BCUT2D eigenvalue weighted by Gasteiger charge is -2.05. The highest BCUT2D eigenvalue weighted by Gasteiger charge is 2.11. The minimum absolute atomic E-state index is 0.0572. The van der Waals surface area contributed by atoms with Gasteiger partial charge in [-0.1, -0.05) is 11.6 Å². The van der Waals surface area contributed by atoms with Gasteiger partial charge in [0.1, 0.15) is 5.75 Å². The van der Waals surface area contributed by atoms with E-state index in [1.165, 1.54) is 0 Å². The zero-order valence-electron chi connectivity index (χ0n) is 6.27. The number of hydrogen-bond acceptors (Lipinski definition) is 2. The van der Waals surface area contributed by atoms with Crippen molar-refractivity contribution in [3.63, 3.8) is 0 Å². The maximum absolute atomic E-state index is 10.5. The molecule has 0 atom stereocenters. The molecular formula is C8H6BrClO2. The third kappa shape index (κ3) is 1.47. The first-order chi connectivity index (χ1) is 5.57. The van der Waals surface area contributed by atoms with Crippen LogP contribution in [-0.4, -0.2) is 11.4 Å². The van der Waals surface area contributed by atoms with E-state index in [-0.39, 0.29) is 16.3 Å². The molecule has 0 heterocycles. The van der Waals surface area contributed by atoms with Gasteiger partial charge in [-0.05, 0) is 34.5 Å². The molecule has 1 aromatic carbocycles. The van der Waals surface area contributed by atoms with Gasteiger partial charge in [-0.3, -0.25) is 4.79 Å². The van der Waals surface area contributed by atoms with E-state index in [0.717, 1.165) is 0 Å². The first-order valence-electron chi connectivity index (χ1n) is 3.20. The minimum Gasteiger partial charge on any atom is -0.507 e. The van der Waals surface area contributed by atoms with Crippen LogP contribution in [-0.2, 0) is 0 Å². The van der Waals surface area contributed by atoms with Crippen LogP contribution in [0.4, 0.5) is 0 Å². The summed E-state index contributed by atoms with van der Waals surface area (Å²) in [5.74, 6) is -0.0572. The van der Waals surface area contributed by atoms with Gasteiger partial charge in [-0.25, -0.2) is 0 Å². The number of phenols is 1. The highest BCUT2D eigenvalue weighted by Crippen LogP contribution is 2.34. The van der Waals surface area contributed by atoms with Crippen molar-refractivity contribution in [2.24, 2.45) is 0 Å². The van der Waals surface area contributed by atoms with Crippen LogP contribution >= 0.6 is 27.5 Å². The van der Waals surface area contributed by atoms with Crippen LogP contribution in [0.25, 0.3) is 0 Å². The SMILES string of the molecule is Cc1cc(Br)c(Cl)c(C=O)c1O. The van der Waals surface area contributed by atoms with Crippen molar-refractivity contribution in [2.45, 2.75) is 6.92 Å². The molecule has 0 saturated carbocycles. The Bertz CT molecular complexity index is 310. The van der Waals surface area contributed by atoms with Crippen LogP contribution in [0, 0.1) is 6.92 Å². The predicted molar refractivity (Wildman–Crippen MR) is 50.9 cm³/mol. The lowest BCUT2D eigenvalue weighted by atomic mass is 10.1. The third-order valence-corrected chi connectivity index (χ3v) is 2.80. The molecule has 0 unspecified atom stereocenters. The predicted octanol–water partition coefficient (Wildman–Crippen LogP) is 2.93. The lowest BCUT2D eigenvalue weighted by molar-refractivity contribution is 0.112. The summed E-state index contributed by atoms with van der Waals surface area (Å²) in [6, 6.07) is 1.66. The molecule has 0 aliphatic rings. The number of phenolic OH excluding ortho intramolecular Hbond substituents is 1. The van der Waals surface area contributed by atoms with Gasteiger partial charge in [0.05, 0.1) is 10.6 Å². The second-order valence-electron chi connectivity index (χ2n) is 2.37. The number of aldehydes is 1. The van der Waals surface area contributed by atoms with Gasteiger partial charge < -0.3 is 5.11 Å². The summed E-state index contributed by atoms with van der Waals surface area (Å²) in [4.78, 5) is 10.5. The zero-order valence-corrected chi connectivity index (χ0v) is 8.61. The van der Waals surface area contributed by atoms with Gasteiger partial charge in [-0.15, -0.1) is 0 Å². The van der Waals surface area contributed by atoms with Gasteiger partial charge in [0.25, 0.3) is 0 Å². The third-order valence-electron chi connectivity index (χ3n) is 1.54. The quantitative estimate of drug-likeness (QED) is 0.777. The number of rotatable bonds is 1. The molecule has 0 spiro atoms. The molecule has 1 N–H and O–H groups in total. The first-order valence-corrected chi connectivity index (χ1v) is 4.37. The Hall–Kier alpha value is -0.540. The number of carbonyl (C=O) groups is 1. The Balaban J connectivity index is 3.52. The molecule has 2 nitrogen and oxygen atoms in total. The topological polar surface area (TPSA) is 37.3 Å². The molecule has 0 aliphatic heterocycles. The van der Waals surface area contributed by atoms with Gasteiger partial charge in [0.2, 0.25) is 0 Å². The van der Waals surface area contributed by atoms with E-state index < -0.39 is 0 Å². The molecule has 0 aromatic heterocycles. The van der Waals surface area contributed by atoms with Gasteiger partial charge in [-0.2, -0.15) is 0 Å². The second-order valence-corrected chi connectivity index (χ2v) is 3.60. The molecule has 1 aromatic rings. The Morgan fingerprint density at radius 1 is 1.67 bits per heavy atom. The van der Waals surface area contributed by atoms with E-state index in [0.29, 0.717) is 16.3 Å². The summed E-state index contributed by atoms with van der Waals surface area (Å²) >= 11 is 8.90. The van der Waals surface area contributed by atoms with Crippen LogP contribution < -0.4 is 0 Å². The minimum atomic E-state index is -0.0572. The summed E-state index contributed by atoms with van der Waals surface area (Å²) in [6.07, 6.45) is 0.537. The highest BCUT2D eigenvalue weighted by atomic mass is 79.9. The molecular weight excluding hydrogens is 243 g/mol. The average molecular weight is 249 g/mol. The maximum atomic E-state index is 10.5. The van der Waals surface area contributed by atoms with Crippen LogP contribution in [0.3, 0.4) is 0 Å². The van der Waals surface area contributed by atoms with E-state index in [4.69, 9.17) is 11.6 Å². The van der Waals surface area contributed by atoms with Crippen molar-refractivity contribution < 1.29 is 9.90 Å². The summed E-state index contributed by atoms with van der Waals surface area (Å²) in [5.41, 5.74) is 0.747. The fourth-order valence-electron chi connectivity index (χ4n) is 0.874. The average Bonchev–Trinajstić information content (AvgIpc) is 2.02. The molecule has 0 bridgehead atoms. The van der Waals surface area contributed by atoms with Gasteiger partial charge >= 0.3 is 0 Å². The van der Waals surface area contributed by atoms with E-state index in [1.54, 1.807) is 13.0 Å². The molecule has 1 rings (SSSR count). The Kier molecular flexibility index (Phi) is 2.75. The Labute approximate surface area is 83.3 Å². The Morgan fingerprint density at radius 2 is 2.25 bits per heavy atom. The molecule has 0 radical (unpaired) electrons. The molecule has 0 amide bonds. The van der Waals surface area contributed by atoms with Crippen molar-refractivity contribution in [1.82, 2.24) is 0 Å². The van der Waals surface area contributed by atoms with E-state index in [2.05, 4.69) is 15.9 Å². The number of benzene rings is 1. The molecule has 0 fully saturated rings. The number of aryl methyl sites for hydroxylation is 1. The molecule has 0 aliphatic carbocycles. The molecule has 0 saturated heterocycles. The fraction of sp³-hybridized carbons (Fsp3) is 0.125. The van der Waals surface area contributed by atoms with Gasteiger partial charge in [0, 0.05) is 4.47 Å². The number of halogens is 2. The largest absolute Gasteiger partial charge is 0.507 e. The van der Waals surface area contributed by atoms with Crippen molar-refractivity contribution in [3.05, 3.63) is 26.7 Å². The molecule has 12 heavy (non-hydrogen) atoms. The number of carbonyl (C=O) groups excluding carboxylic acids is 1. The van der Waals surface area contributed by atoms with E-state index in [1.807, 2.05) is 0 Å². The second kappa shape index (κ2) is 3.46. The van der Waals surface area contributed by atoms with Crippen molar-refractivity contribution in [1.29, 1.82) is 0 Å². The number of hydrogen-bond donors (Lipinski definition) is 1. The van der Waals surface area contributed by atoms with Crippen LogP contribution in [0.15, 0.2) is 10.5 Å². The monoisotopic (exact) mass is 248 g/mol. The fourth-order valence-corrected chi connectivity index (χ4v) is 1.62. The summed E-state index contributed by atoms with van der Waals surface area (Å²) in [5, 5.41) is 9.61. The zero-order chi connectivity index (χ0) is 9.30. The summed E-state index contributed by atoms with van der Waals surface area (Å²) in [7, 11) is 0. The number of aromatic hydroxyl groups is 1. The van der Waals surface area contributed by atoms with Crippen LogP contribution in [0.1, 0.15) is 15.9 Å². The summed E-state index contributed by atoms with van der Waals surface area (Å²) in [6.45, 7) is 1.70. The normalized spacial score (nSPS) is 9.92. The van der Waals surface area contributed by atoms with E-state index in [9.17, 15) is 9.90 Å². The van der Waals surface area contributed by atoms with E-state index >= 15 is 0 Å². The standard InChI is InChI=1S/C8H6BrClO2/c1-4-2-6(9)7(10)5(3-11)8(4)12/h2-3,12H,1H3. The molecule has 4 heteroatoms. The lowest BCUT2D eigenvalue weighted by Crippen LogP contribution is -1.87. The van der Waals surface area contributed by atoms with Crippen LogP contribution in [0.5, 0.6) is 5.75 Å². The first kappa shape index (κ1) is 9.55. The van der Waals surface area contributed by atoms with Crippen LogP contribution in [0.2, 0.25) is 5.02 Å². The van der Waals surface area contributed by atoms with Crippen molar-refractivity contribution in [2.75, 3.05) is 0 Å². The molecule has 64 valence electrons. The van der Waals surface area contributed by atoms with Crippen molar-refractivity contribution >= 4 is 33.8 Å². The van der Waals surface area contributed by atoms with Gasteiger partial charge in [0.15, 0.2) is 6.29 Å². The summed E-state index contributed by atoms with van der Waals surface area (Å²) < 4.78 is 0.613. The van der Waals surface area contributed by atoms with Crippen molar-refractivity contribution in [3.8, 4) is 5.75 Å². The smallest absolute Gasteiger partial charge is 0.155 e. The maximum Gasteiger partial charge on any atom is 0.155 e. The Morgan fingerprint density at radius 3 is 2.75 bits per heavy atom.